The number of ether oxygens (including phenoxy) is 2. The molecule has 0 aliphatic carbocycles. The van der Waals surface area contributed by atoms with Crippen LogP contribution in [-0.4, -0.2) is 12.2 Å². The summed E-state index contributed by atoms with van der Waals surface area (Å²) in [5.74, 6) is 0. The summed E-state index contributed by atoms with van der Waals surface area (Å²) < 4.78 is 10.5. The van der Waals surface area contributed by atoms with Gasteiger partial charge in [-0.25, -0.2) is 7.11 Å². The Bertz CT molecular complexity index is 266. The van der Waals surface area contributed by atoms with Crippen LogP contribution in [0.25, 0.3) is 0 Å². The molecule has 87 valence electrons. The summed E-state index contributed by atoms with van der Waals surface area (Å²) in [6.45, 7) is 5.06. The first-order valence-electron chi connectivity index (χ1n) is 4.69. The summed E-state index contributed by atoms with van der Waals surface area (Å²) in [4.78, 5) is 0. The molecule has 0 aromatic heterocycles. The molecule has 0 atom stereocenters. The van der Waals surface area contributed by atoms with Crippen LogP contribution in [0.3, 0.4) is 0 Å². The number of benzene rings is 1. The van der Waals surface area contributed by atoms with Crippen molar-refractivity contribution in [1.29, 1.82) is 0 Å². The molecule has 0 saturated heterocycles. The van der Waals surface area contributed by atoms with E-state index in [0.717, 1.165) is 0 Å². The maximum atomic E-state index is 5.51. The Morgan fingerprint density at radius 1 is 1.06 bits per heavy atom. The average molecular weight is 460 g/mol. The Morgan fingerprint density at radius 2 is 1.59 bits per heavy atom. The van der Waals surface area contributed by atoms with Crippen molar-refractivity contribution in [2.45, 2.75) is 26.1 Å². The zero-order valence-corrected chi connectivity index (χ0v) is 19.1. The molecule has 2 nitrogen and oxygen atoms in total. The largest absolute Gasteiger partial charge is 0.549 e. The van der Waals surface area contributed by atoms with Crippen molar-refractivity contribution in [3.63, 3.8) is 0 Å². The van der Waals surface area contributed by atoms with Crippen LogP contribution in [0.1, 0.15) is 19.4 Å². The molecule has 0 unspecified atom stereocenters. The van der Waals surface area contributed by atoms with E-state index in [2.05, 4.69) is 7.11 Å². The molecule has 0 bridgehead atoms. The van der Waals surface area contributed by atoms with Crippen molar-refractivity contribution >= 4 is 0 Å². The van der Waals surface area contributed by atoms with Gasteiger partial charge >= 0.3 is 0 Å². The van der Waals surface area contributed by atoms with Gasteiger partial charge in [-0.3, -0.25) is 0 Å². The van der Waals surface area contributed by atoms with Crippen molar-refractivity contribution < 1.29 is 108 Å². The molecule has 0 aliphatic heterocycles. The smallest absolute Gasteiger partial charge is 0.0727 e. The fourth-order valence-corrected chi connectivity index (χ4v) is 1.03. The number of rotatable bonds is 5. The van der Waals surface area contributed by atoms with E-state index in [4.69, 9.17) is 9.47 Å². The average Bonchev–Trinajstić information content (AvgIpc) is 2.19. The van der Waals surface area contributed by atoms with Gasteiger partial charge in [0.1, 0.15) is 0 Å². The van der Waals surface area contributed by atoms with Crippen molar-refractivity contribution in [2.75, 3.05) is 6.61 Å². The van der Waals surface area contributed by atoms with Crippen LogP contribution in [0, 0.1) is 7.11 Å². The minimum atomic E-state index is -0.311. The molecular weight excluding hydrogens is 443 g/mol. The quantitative estimate of drug-likeness (QED) is 0.630. The molecule has 0 aliphatic rings. The van der Waals surface area contributed by atoms with Gasteiger partial charge in [-0.15, -0.1) is 0 Å². The molecule has 0 amide bonds. The molecule has 0 fully saturated rings. The van der Waals surface area contributed by atoms with Gasteiger partial charge in [0.15, 0.2) is 0 Å². The second-order valence-electron chi connectivity index (χ2n) is 3.88. The van der Waals surface area contributed by atoms with Crippen LogP contribution in [0.4, 0.5) is 0 Å². The summed E-state index contributed by atoms with van der Waals surface area (Å²) in [6, 6.07) is 10.1. The third-order valence-corrected chi connectivity index (χ3v) is 1.95. The molecule has 1 rings (SSSR count). The Morgan fingerprint density at radius 3 is 2.06 bits per heavy atom. The molecule has 1 aromatic rings. The van der Waals surface area contributed by atoms with Gasteiger partial charge in [-0.1, -0.05) is 30.3 Å². The molecule has 0 heterocycles. The predicted octanol–water partition coefficient (Wildman–Crippen LogP) is 2.78. The van der Waals surface area contributed by atoms with Gasteiger partial charge in [0.2, 0.25) is 0 Å². The summed E-state index contributed by atoms with van der Waals surface area (Å²) in [5, 5.41) is 0. The van der Waals surface area contributed by atoms with Crippen LogP contribution in [0.2, 0.25) is 0 Å². The normalized spacial score (nSPS) is 9.59. The topological polar surface area (TPSA) is 18.5 Å². The fraction of sp³-hybridized carbons (Fsp3) is 0.417. The van der Waals surface area contributed by atoms with Crippen molar-refractivity contribution in [2.24, 2.45) is 0 Å². The Hall–Kier alpha value is 2.45. The minimum Gasteiger partial charge on any atom is -0.549 e. The second-order valence-corrected chi connectivity index (χ2v) is 3.88. The number of hydrogen-bond donors (Lipinski definition) is 0. The van der Waals surface area contributed by atoms with E-state index < -0.39 is 0 Å². The van der Waals surface area contributed by atoms with Gasteiger partial charge < -0.3 is 9.47 Å². The van der Waals surface area contributed by atoms with E-state index in [1.165, 1.54) is 5.56 Å². The third-order valence-electron chi connectivity index (χ3n) is 1.95. The first kappa shape index (κ1) is 24.5. The van der Waals surface area contributed by atoms with Gasteiger partial charge in [0.25, 0.3) is 0 Å². The zero-order valence-electron chi connectivity index (χ0n) is 10.6. The number of hydrogen-bond acceptors (Lipinski definition) is 2. The Labute approximate surface area is 180 Å². The van der Waals surface area contributed by atoms with Crippen LogP contribution >= 0.6 is 0 Å². The van der Waals surface area contributed by atoms with E-state index in [1.54, 1.807) is 0 Å². The van der Waals surface area contributed by atoms with Gasteiger partial charge in [0, 0.05) is 98.1 Å². The molecule has 0 spiro atoms. The fourth-order valence-electron chi connectivity index (χ4n) is 1.03. The van der Waals surface area contributed by atoms with Crippen molar-refractivity contribution in [3.8, 4) is 0 Å². The van der Waals surface area contributed by atoms with E-state index in [-0.39, 0.29) is 104 Å². The molecule has 17 heavy (non-hydrogen) atoms. The summed E-state index contributed by atoms with van der Waals surface area (Å²) in [6.07, 6.45) is 0. The van der Waals surface area contributed by atoms with Gasteiger partial charge in [-0.2, -0.15) is 0 Å². The third kappa shape index (κ3) is 11.9. The van der Waals surface area contributed by atoms with E-state index >= 15 is 0 Å². The molecule has 0 saturated carbocycles. The van der Waals surface area contributed by atoms with Gasteiger partial charge in [-0.05, 0) is 19.4 Å². The summed E-state index contributed by atoms with van der Waals surface area (Å²) in [5.41, 5.74) is 0.863. The molecular formula is C12H17O2Y3-. The predicted molar refractivity (Wildman–Crippen MR) is 56.6 cm³/mol. The molecule has 1 aromatic carbocycles. The van der Waals surface area contributed by atoms with Gasteiger partial charge in [0.05, 0.1) is 18.8 Å². The van der Waals surface area contributed by atoms with Crippen LogP contribution in [-0.2, 0) is 114 Å². The Balaban J connectivity index is -0.000000653. The second kappa shape index (κ2) is 13.4. The molecule has 5 heteroatoms. The first-order chi connectivity index (χ1) is 6.64. The first-order valence-corrected chi connectivity index (χ1v) is 4.69. The standard InChI is InChI=1S/C12H17O2.3Y/c1-12(2,13-3)10-14-9-11-7-5-4-6-8-11;;;/h4-8H,3,9-10H2,1-2H3;;;/q-1;;;. The summed E-state index contributed by atoms with van der Waals surface area (Å²) >= 11 is 0. The van der Waals surface area contributed by atoms with Crippen LogP contribution in [0.5, 0.6) is 0 Å². The van der Waals surface area contributed by atoms with Crippen molar-refractivity contribution in [1.82, 2.24) is 0 Å². The molecule has 0 N–H and O–H groups in total. The maximum Gasteiger partial charge on any atom is 0.0727 e. The maximum absolute atomic E-state index is 5.51. The SMILES string of the molecule is [CH2-]OC(C)(C)COCc1ccccc1.[Y].[Y].[Y]. The molecule has 3 radical (unpaired) electrons. The minimum absolute atomic E-state index is 0. The Kier molecular flexibility index (Phi) is 19.3. The van der Waals surface area contributed by atoms with Crippen molar-refractivity contribution in [3.05, 3.63) is 43.0 Å². The summed E-state index contributed by atoms with van der Waals surface area (Å²) in [7, 11) is 3.40. The zero-order chi connectivity index (χ0) is 10.4. The van der Waals surface area contributed by atoms with E-state index in [9.17, 15) is 0 Å². The van der Waals surface area contributed by atoms with Crippen LogP contribution in [0.15, 0.2) is 30.3 Å². The monoisotopic (exact) mass is 460 g/mol. The van der Waals surface area contributed by atoms with E-state index in [1.807, 2.05) is 44.2 Å². The van der Waals surface area contributed by atoms with E-state index in [0.29, 0.717) is 13.2 Å². The van der Waals surface area contributed by atoms with Crippen LogP contribution < -0.4 is 0 Å².